The standard InChI is InChI=1S/C7H7N3O/c8-7-9-4-6(5-10-7)2-1-3-11/h4-5,11H,3H2,(H2,8,9,10). The Morgan fingerprint density at radius 1 is 1.45 bits per heavy atom. The monoisotopic (exact) mass is 149 g/mol. The second-order valence-electron chi connectivity index (χ2n) is 1.79. The number of hydrogen-bond donors (Lipinski definition) is 2. The molecule has 0 radical (unpaired) electrons. The van der Waals surface area contributed by atoms with Crippen LogP contribution < -0.4 is 5.73 Å². The number of nitrogen functional groups attached to an aromatic ring is 1. The second kappa shape index (κ2) is 3.54. The lowest BCUT2D eigenvalue weighted by Gasteiger charge is -1.88. The van der Waals surface area contributed by atoms with E-state index in [1.54, 1.807) is 0 Å². The van der Waals surface area contributed by atoms with Crippen LogP contribution in [-0.2, 0) is 0 Å². The van der Waals surface area contributed by atoms with Gasteiger partial charge in [0.25, 0.3) is 0 Å². The molecule has 1 aromatic rings. The molecule has 1 rings (SSSR count). The Morgan fingerprint density at radius 3 is 2.64 bits per heavy atom. The fourth-order valence-electron chi connectivity index (χ4n) is 0.544. The van der Waals surface area contributed by atoms with Crippen molar-refractivity contribution in [3.8, 4) is 11.8 Å². The van der Waals surface area contributed by atoms with Crippen molar-refractivity contribution in [2.24, 2.45) is 0 Å². The van der Waals surface area contributed by atoms with Crippen LogP contribution in [0.15, 0.2) is 12.4 Å². The number of aliphatic hydroxyl groups is 1. The van der Waals surface area contributed by atoms with Crippen LogP contribution in [0.1, 0.15) is 5.56 Å². The Balaban J connectivity index is 2.82. The Labute approximate surface area is 64.1 Å². The van der Waals surface area contributed by atoms with Crippen molar-refractivity contribution < 1.29 is 5.11 Å². The summed E-state index contributed by atoms with van der Waals surface area (Å²) >= 11 is 0. The largest absolute Gasteiger partial charge is 0.384 e. The van der Waals surface area contributed by atoms with E-state index >= 15 is 0 Å². The first-order valence-electron chi connectivity index (χ1n) is 3.00. The molecule has 0 fully saturated rings. The molecule has 0 bridgehead atoms. The number of nitrogens with two attached hydrogens (primary N) is 1. The van der Waals surface area contributed by atoms with Crippen molar-refractivity contribution in [1.29, 1.82) is 0 Å². The SMILES string of the molecule is Nc1ncc(C#CCO)cn1. The van der Waals surface area contributed by atoms with Crippen LogP contribution in [0, 0.1) is 11.8 Å². The van der Waals surface area contributed by atoms with Gasteiger partial charge in [-0.25, -0.2) is 9.97 Å². The highest BCUT2D eigenvalue weighted by Gasteiger charge is 1.87. The molecule has 4 heteroatoms. The Bertz CT molecular complexity index is 283. The summed E-state index contributed by atoms with van der Waals surface area (Å²) in [7, 11) is 0. The maximum absolute atomic E-state index is 8.34. The van der Waals surface area contributed by atoms with Gasteiger partial charge in [-0.3, -0.25) is 0 Å². The maximum Gasteiger partial charge on any atom is 0.219 e. The van der Waals surface area contributed by atoms with Gasteiger partial charge in [0.1, 0.15) is 6.61 Å². The average molecular weight is 149 g/mol. The van der Waals surface area contributed by atoms with Gasteiger partial charge >= 0.3 is 0 Å². The molecule has 0 amide bonds. The van der Waals surface area contributed by atoms with E-state index in [0.717, 1.165) is 0 Å². The highest BCUT2D eigenvalue weighted by Crippen LogP contribution is 1.92. The predicted molar refractivity (Wildman–Crippen MR) is 40.4 cm³/mol. The molecule has 0 unspecified atom stereocenters. The molecule has 11 heavy (non-hydrogen) atoms. The Kier molecular flexibility index (Phi) is 2.42. The maximum atomic E-state index is 8.34. The van der Waals surface area contributed by atoms with E-state index < -0.39 is 0 Å². The number of nitrogens with zero attached hydrogens (tertiary/aromatic N) is 2. The van der Waals surface area contributed by atoms with Crippen LogP contribution in [-0.4, -0.2) is 21.7 Å². The average Bonchev–Trinajstić information content (AvgIpc) is 2.04. The van der Waals surface area contributed by atoms with E-state index in [-0.39, 0.29) is 12.6 Å². The van der Waals surface area contributed by atoms with E-state index in [9.17, 15) is 0 Å². The quantitative estimate of drug-likeness (QED) is 0.483. The van der Waals surface area contributed by atoms with E-state index in [0.29, 0.717) is 5.56 Å². The molecule has 3 N–H and O–H groups in total. The minimum Gasteiger partial charge on any atom is -0.384 e. The summed E-state index contributed by atoms with van der Waals surface area (Å²) in [5.41, 5.74) is 5.88. The third kappa shape index (κ3) is 2.24. The normalized spacial score (nSPS) is 8.45. The molecular formula is C7H7N3O. The van der Waals surface area contributed by atoms with Gasteiger partial charge in [-0.15, -0.1) is 0 Å². The van der Waals surface area contributed by atoms with E-state index in [2.05, 4.69) is 21.8 Å². The van der Waals surface area contributed by atoms with Crippen molar-refractivity contribution in [2.75, 3.05) is 12.3 Å². The van der Waals surface area contributed by atoms with Crippen LogP contribution in [0.2, 0.25) is 0 Å². The van der Waals surface area contributed by atoms with Gasteiger partial charge in [0.2, 0.25) is 5.95 Å². The van der Waals surface area contributed by atoms with Crippen LogP contribution >= 0.6 is 0 Å². The Morgan fingerprint density at radius 2 is 2.09 bits per heavy atom. The van der Waals surface area contributed by atoms with E-state index in [1.807, 2.05) is 0 Å². The summed E-state index contributed by atoms with van der Waals surface area (Å²) in [5.74, 6) is 5.33. The topological polar surface area (TPSA) is 72.0 Å². The van der Waals surface area contributed by atoms with Gasteiger partial charge in [-0.05, 0) is 0 Å². The third-order valence-corrected chi connectivity index (χ3v) is 0.984. The minimum atomic E-state index is -0.162. The second-order valence-corrected chi connectivity index (χ2v) is 1.79. The molecule has 0 saturated heterocycles. The lowest BCUT2D eigenvalue weighted by Crippen LogP contribution is -1.93. The number of hydrogen-bond acceptors (Lipinski definition) is 4. The van der Waals surface area contributed by atoms with Crippen LogP contribution in [0.25, 0.3) is 0 Å². The smallest absolute Gasteiger partial charge is 0.219 e. The summed E-state index contributed by atoms with van der Waals surface area (Å²) in [6.07, 6.45) is 3.01. The highest BCUT2D eigenvalue weighted by atomic mass is 16.2. The van der Waals surface area contributed by atoms with Gasteiger partial charge in [0.05, 0.1) is 5.56 Å². The Hall–Kier alpha value is -1.60. The summed E-state index contributed by atoms with van der Waals surface area (Å²) < 4.78 is 0. The number of anilines is 1. The van der Waals surface area contributed by atoms with Crippen LogP contribution in [0.3, 0.4) is 0 Å². The van der Waals surface area contributed by atoms with Gasteiger partial charge in [-0.1, -0.05) is 11.8 Å². The number of aromatic nitrogens is 2. The fourth-order valence-corrected chi connectivity index (χ4v) is 0.544. The van der Waals surface area contributed by atoms with Gasteiger partial charge in [0, 0.05) is 12.4 Å². The summed E-state index contributed by atoms with van der Waals surface area (Å²) in [6, 6.07) is 0. The fraction of sp³-hybridized carbons (Fsp3) is 0.143. The van der Waals surface area contributed by atoms with Gasteiger partial charge < -0.3 is 10.8 Å². The van der Waals surface area contributed by atoms with Crippen molar-refractivity contribution >= 4 is 5.95 Å². The molecular weight excluding hydrogens is 142 g/mol. The molecule has 0 saturated carbocycles. The predicted octanol–water partition coefficient (Wildman–Crippen LogP) is -0.597. The molecule has 0 atom stereocenters. The first kappa shape index (κ1) is 7.51. The van der Waals surface area contributed by atoms with Crippen molar-refractivity contribution in [2.45, 2.75) is 0 Å². The number of aliphatic hydroxyl groups excluding tert-OH is 1. The molecule has 56 valence electrons. The molecule has 0 spiro atoms. The van der Waals surface area contributed by atoms with Crippen molar-refractivity contribution in [1.82, 2.24) is 9.97 Å². The molecule has 0 aromatic carbocycles. The molecule has 0 aliphatic carbocycles. The van der Waals surface area contributed by atoms with Crippen molar-refractivity contribution in [3.63, 3.8) is 0 Å². The molecule has 1 aromatic heterocycles. The molecule has 0 aliphatic heterocycles. The van der Waals surface area contributed by atoms with Crippen LogP contribution in [0.4, 0.5) is 5.95 Å². The first-order chi connectivity index (χ1) is 5.33. The van der Waals surface area contributed by atoms with E-state index in [1.165, 1.54) is 12.4 Å². The first-order valence-corrected chi connectivity index (χ1v) is 3.00. The zero-order valence-corrected chi connectivity index (χ0v) is 5.78. The molecule has 1 heterocycles. The van der Waals surface area contributed by atoms with Crippen molar-refractivity contribution in [3.05, 3.63) is 18.0 Å². The number of rotatable bonds is 0. The zero-order valence-electron chi connectivity index (χ0n) is 5.78. The van der Waals surface area contributed by atoms with Crippen LogP contribution in [0.5, 0.6) is 0 Å². The lowest BCUT2D eigenvalue weighted by molar-refractivity contribution is 0.350. The summed E-state index contributed by atoms with van der Waals surface area (Å²) in [5, 5.41) is 8.34. The van der Waals surface area contributed by atoms with E-state index in [4.69, 9.17) is 10.8 Å². The minimum absolute atomic E-state index is 0.162. The van der Waals surface area contributed by atoms with Gasteiger partial charge in [-0.2, -0.15) is 0 Å². The third-order valence-electron chi connectivity index (χ3n) is 0.984. The van der Waals surface area contributed by atoms with Gasteiger partial charge in [0.15, 0.2) is 0 Å². The molecule has 4 nitrogen and oxygen atoms in total. The molecule has 0 aliphatic rings. The summed E-state index contributed by atoms with van der Waals surface area (Å²) in [6.45, 7) is -0.162. The highest BCUT2D eigenvalue weighted by molar-refractivity contribution is 5.31. The zero-order chi connectivity index (χ0) is 8.10. The summed E-state index contributed by atoms with van der Waals surface area (Å²) in [4.78, 5) is 7.43. The lowest BCUT2D eigenvalue weighted by atomic mass is 10.3.